The second-order valence-corrected chi connectivity index (χ2v) is 6.72. The molecule has 2 aromatic rings. The number of hydrogen-bond donors (Lipinski definition) is 3. The van der Waals surface area contributed by atoms with Crippen LogP contribution < -0.4 is 5.32 Å². The quantitative estimate of drug-likeness (QED) is 0.754. The zero-order valence-corrected chi connectivity index (χ0v) is 13.7. The van der Waals surface area contributed by atoms with Crippen LogP contribution in [0.2, 0.25) is 0 Å². The molecule has 19 heavy (non-hydrogen) atoms. The number of rotatable bonds is 3. The molecule has 0 bridgehead atoms. The summed E-state index contributed by atoms with van der Waals surface area (Å²) in [5, 5.41) is 13.2. The Balaban J connectivity index is 2.30. The maximum Gasteiger partial charge on any atom is 0.253 e. The van der Waals surface area contributed by atoms with Gasteiger partial charge in [0.2, 0.25) is 0 Å². The van der Waals surface area contributed by atoms with E-state index in [0.29, 0.717) is 5.56 Å². The van der Waals surface area contributed by atoms with Crippen LogP contribution in [0, 0.1) is 0 Å². The molecular formula is C13H14Br2N2O2. The van der Waals surface area contributed by atoms with Crippen molar-refractivity contribution in [2.24, 2.45) is 0 Å². The molecule has 3 N–H and O–H groups in total. The molecule has 1 heterocycles. The number of benzene rings is 1. The molecule has 4 nitrogen and oxygen atoms in total. The summed E-state index contributed by atoms with van der Waals surface area (Å²) in [6, 6.07) is 3.79. The molecule has 0 aliphatic carbocycles. The lowest BCUT2D eigenvalue weighted by molar-refractivity contribution is 0.0695. The number of nitrogens with one attached hydrogen (secondary N) is 2. The number of hydrogen-bond acceptors (Lipinski definition) is 2. The first-order chi connectivity index (χ1) is 8.78. The van der Waals surface area contributed by atoms with Crippen molar-refractivity contribution in [3.8, 4) is 0 Å². The summed E-state index contributed by atoms with van der Waals surface area (Å²) in [6.07, 6.45) is 1.67. The maximum absolute atomic E-state index is 12.1. The molecule has 102 valence electrons. The number of aromatic nitrogens is 1. The minimum absolute atomic E-state index is 0.205. The number of aliphatic hydroxyl groups is 1. The lowest BCUT2D eigenvalue weighted by Gasteiger charge is -2.17. The van der Waals surface area contributed by atoms with E-state index in [1.165, 1.54) is 0 Å². The van der Waals surface area contributed by atoms with Gasteiger partial charge in [0.05, 0.1) is 11.2 Å². The van der Waals surface area contributed by atoms with Crippen molar-refractivity contribution in [3.63, 3.8) is 0 Å². The molecule has 1 aromatic carbocycles. The molecule has 0 saturated carbocycles. The molecule has 0 spiro atoms. The molecule has 0 atom stereocenters. The summed E-state index contributed by atoms with van der Waals surface area (Å²) >= 11 is 6.84. The van der Waals surface area contributed by atoms with Gasteiger partial charge in [0.15, 0.2) is 0 Å². The minimum Gasteiger partial charge on any atom is -0.389 e. The van der Waals surface area contributed by atoms with Crippen LogP contribution in [0.15, 0.2) is 27.3 Å². The zero-order chi connectivity index (χ0) is 14.2. The van der Waals surface area contributed by atoms with E-state index >= 15 is 0 Å². The Morgan fingerprint density at radius 1 is 1.37 bits per heavy atom. The number of carbonyl (C=O) groups is 1. The van der Waals surface area contributed by atoms with Gasteiger partial charge in [0.1, 0.15) is 0 Å². The fourth-order valence-electron chi connectivity index (χ4n) is 1.70. The van der Waals surface area contributed by atoms with Gasteiger partial charge in [-0.05, 0) is 57.8 Å². The predicted molar refractivity (Wildman–Crippen MR) is 82.3 cm³/mol. The van der Waals surface area contributed by atoms with Crippen molar-refractivity contribution < 1.29 is 9.90 Å². The molecule has 0 saturated heterocycles. The SMILES string of the molecule is CC(C)(O)CNC(=O)c1c[nH]c2cc(Br)c(Br)cc12. The Kier molecular flexibility index (Phi) is 4.03. The third-order valence-corrected chi connectivity index (χ3v) is 4.49. The van der Waals surface area contributed by atoms with Crippen molar-refractivity contribution in [2.75, 3.05) is 6.54 Å². The smallest absolute Gasteiger partial charge is 0.253 e. The van der Waals surface area contributed by atoms with E-state index < -0.39 is 5.60 Å². The van der Waals surface area contributed by atoms with Crippen molar-refractivity contribution in [1.82, 2.24) is 10.3 Å². The number of amides is 1. The summed E-state index contributed by atoms with van der Waals surface area (Å²) in [5.41, 5.74) is 0.515. The number of aromatic amines is 1. The summed E-state index contributed by atoms with van der Waals surface area (Å²) in [5.74, 6) is -0.206. The normalized spacial score (nSPS) is 11.8. The highest BCUT2D eigenvalue weighted by molar-refractivity contribution is 9.13. The Bertz CT molecular complexity index is 629. The topological polar surface area (TPSA) is 65.1 Å². The first-order valence-corrected chi connectivity index (χ1v) is 7.33. The first-order valence-electron chi connectivity index (χ1n) is 5.74. The van der Waals surface area contributed by atoms with Crippen LogP contribution in [0.25, 0.3) is 10.9 Å². The molecule has 0 aliphatic rings. The molecular weight excluding hydrogens is 376 g/mol. The van der Waals surface area contributed by atoms with E-state index in [1.54, 1.807) is 20.0 Å². The molecule has 2 rings (SSSR count). The number of H-pyrrole nitrogens is 1. The van der Waals surface area contributed by atoms with Crippen molar-refractivity contribution in [2.45, 2.75) is 19.4 Å². The molecule has 1 aromatic heterocycles. The average molecular weight is 390 g/mol. The van der Waals surface area contributed by atoms with Gasteiger partial charge in [-0.25, -0.2) is 0 Å². The third-order valence-electron chi connectivity index (χ3n) is 2.65. The summed E-state index contributed by atoms with van der Waals surface area (Å²) < 4.78 is 1.81. The lowest BCUT2D eigenvalue weighted by atomic mass is 10.1. The van der Waals surface area contributed by atoms with Gasteiger partial charge >= 0.3 is 0 Å². The molecule has 1 amide bonds. The maximum atomic E-state index is 12.1. The van der Waals surface area contributed by atoms with Crippen molar-refractivity contribution in [1.29, 1.82) is 0 Å². The lowest BCUT2D eigenvalue weighted by Crippen LogP contribution is -2.38. The Morgan fingerprint density at radius 3 is 2.63 bits per heavy atom. The van der Waals surface area contributed by atoms with Crippen LogP contribution in [0.5, 0.6) is 0 Å². The van der Waals surface area contributed by atoms with Crippen LogP contribution in [-0.2, 0) is 0 Å². The van der Waals surface area contributed by atoms with Gasteiger partial charge in [0, 0.05) is 32.6 Å². The summed E-state index contributed by atoms with van der Waals surface area (Å²) in [6.45, 7) is 3.50. The second-order valence-electron chi connectivity index (χ2n) is 5.01. The van der Waals surface area contributed by atoms with E-state index in [0.717, 1.165) is 19.8 Å². The Labute approximate surface area is 127 Å². The minimum atomic E-state index is -0.925. The number of halogens is 2. The second kappa shape index (κ2) is 5.26. The van der Waals surface area contributed by atoms with Gasteiger partial charge in [-0.2, -0.15) is 0 Å². The average Bonchev–Trinajstić information content (AvgIpc) is 2.69. The highest BCUT2D eigenvalue weighted by atomic mass is 79.9. The van der Waals surface area contributed by atoms with Gasteiger partial charge < -0.3 is 15.4 Å². The number of carbonyl (C=O) groups excluding carboxylic acids is 1. The van der Waals surface area contributed by atoms with Crippen LogP contribution >= 0.6 is 31.9 Å². The monoisotopic (exact) mass is 388 g/mol. The first kappa shape index (κ1) is 14.6. The fraction of sp³-hybridized carbons (Fsp3) is 0.308. The molecule has 0 aliphatic heterocycles. The molecule has 0 radical (unpaired) electrons. The zero-order valence-electron chi connectivity index (χ0n) is 10.6. The third kappa shape index (κ3) is 3.38. The molecule has 0 fully saturated rings. The van der Waals surface area contributed by atoms with Crippen molar-refractivity contribution in [3.05, 3.63) is 32.8 Å². The van der Waals surface area contributed by atoms with Gasteiger partial charge in [-0.15, -0.1) is 0 Å². The van der Waals surface area contributed by atoms with Crippen LogP contribution in [-0.4, -0.2) is 28.1 Å². The van der Waals surface area contributed by atoms with Crippen LogP contribution in [0.4, 0.5) is 0 Å². The summed E-state index contributed by atoms with van der Waals surface area (Å²) in [7, 11) is 0. The van der Waals surface area contributed by atoms with Gasteiger partial charge in [-0.3, -0.25) is 4.79 Å². The van der Waals surface area contributed by atoms with Gasteiger partial charge in [-0.1, -0.05) is 0 Å². The van der Waals surface area contributed by atoms with Crippen LogP contribution in [0.1, 0.15) is 24.2 Å². The van der Waals surface area contributed by atoms with Crippen molar-refractivity contribution >= 4 is 48.7 Å². The molecule has 6 heteroatoms. The highest BCUT2D eigenvalue weighted by Crippen LogP contribution is 2.30. The van der Waals surface area contributed by atoms with E-state index in [1.807, 2.05) is 12.1 Å². The number of fused-ring (bicyclic) bond motifs is 1. The van der Waals surface area contributed by atoms with Gasteiger partial charge in [0.25, 0.3) is 5.91 Å². The molecule has 0 unspecified atom stereocenters. The van der Waals surface area contributed by atoms with E-state index in [2.05, 4.69) is 42.2 Å². The highest BCUT2D eigenvalue weighted by Gasteiger charge is 2.17. The fourth-order valence-corrected chi connectivity index (χ4v) is 2.38. The predicted octanol–water partition coefficient (Wildman–Crippen LogP) is 3.19. The Hall–Kier alpha value is -0.850. The van der Waals surface area contributed by atoms with E-state index in [9.17, 15) is 9.90 Å². The Morgan fingerprint density at radius 2 is 2.00 bits per heavy atom. The van der Waals surface area contributed by atoms with E-state index in [4.69, 9.17) is 0 Å². The van der Waals surface area contributed by atoms with Crippen LogP contribution in [0.3, 0.4) is 0 Å². The van der Waals surface area contributed by atoms with E-state index in [-0.39, 0.29) is 12.5 Å². The summed E-state index contributed by atoms with van der Waals surface area (Å²) in [4.78, 5) is 15.2. The largest absolute Gasteiger partial charge is 0.389 e. The standard InChI is InChI=1S/C13H14Br2N2O2/c1-13(2,19)6-17-12(18)8-5-16-11-4-10(15)9(14)3-7(8)11/h3-5,16,19H,6H2,1-2H3,(H,17,18).